The van der Waals surface area contributed by atoms with Crippen molar-refractivity contribution in [3.8, 4) is 0 Å². The van der Waals surface area contributed by atoms with Crippen LogP contribution in [0.4, 0.5) is 5.82 Å². The number of nitrogens with zero attached hydrogens (tertiary/aromatic N) is 3. The number of hydrogen-bond donors (Lipinski definition) is 1. The normalized spacial score (nSPS) is 21.1. The molecule has 7 nitrogen and oxygen atoms in total. The minimum absolute atomic E-state index is 0.0544. The van der Waals surface area contributed by atoms with Crippen LogP contribution in [0.5, 0.6) is 0 Å². The number of amides is 2. The van der Waals surface area contributed by atoms with Gasteiger partial charge in [0.2, 0.25) is 11.8 Å². The largest absolute Gasteiger partial charge is 0.378 e. The molecule has 1 N–H and O–H groups in total. The van der Waals surface area contributed by atoms with Crippen LogP contribution >= 0.6 is 0 Å². The maximum absolute atomic E-state index is 12.4. The van der Waals surface area contributed by atoms with Crippen molar-refractivity contribution in [2.45, 2.75) is 32.9 Å². The van der Waals surface area contributed by atoms with Gasteiger partial charge in [-0.05, 0) is 31.5 Å². The summed E-state index contributed by atoms with van der Waals surface area (Å²) in [6.45, 7) is 8.00. The van der Waals surface area contributed by atoms with Gasteiger partial charge in [0.25, 0.3) is 0 Å². The number of anilines is 1. The Balaban J connectivity index is 1.55. The van der Waals surface area contributed by atoms with Gasteiger partial charge in [0.15, 0.2) is 0 Å². The third-order valence-electron chi connectivity index (χ3n) is 4.76. The number of ether oxygens (including phenoxy) is 1. The highest BCUT2D eigenvalue weighted by molar-refractivity contribution is 5.89. The first kappa shape index (κ1) is 17.7. The van der Waals surface area contributed by atoms with E-state index < -0.39 is 0 Å². The zero-order valence-corrected chi connectivity index (χ0v) is 14.9. The standard InChI is InChI=1S/C18H26N4O3/c1-13(2)22-12-15(10-17(22)23)18(24)20-11-14-3-4-19-16(9-14)21-5-7-25-8-6-21/h3-4,9,13,15H,5-8,10-12H2,1-2H3,(H,20,24)/t15-/m1/s1. The summed E-state index contributed by atoms with van der Waals surface area (Å²) in [5.74, 6) is 0.669. The molecular weight excluding hydrogens is 320 g/mol. The maximum atomic E-state index is 12.4. The Kier molecular flexibility index (Phi) is 5.53. The molecule has 0 aliphatic carbocycles. The first-order chi connectivity index (χ1) is 12.0. The van der Waals surface area contributed by atoms with Crippen LogP contribution in [-0.4, -0.2) is 60.6 Å². The molecule has 2 saturated heterocycles. The molecule has 0 unspecified atom stereocenters. The summed E-state index contributed by atoms with van der Waals surface area (Å²) in [7, 11) is 0. The number of rotatable bonds is 5. The van der Waals surface area contributed by atoms with Gasteiger partial charge in [-0.25, -0.2) is 4.98 Å². The summed E-state index contributed by atoms with van der Waals surface area (Å²) in [5, 5.41) is 2.96. The summed E-state index contributed by atoms with van der Waals surface area (Å²) in [6, 6.07) is 4.05. The molecule has 3 heterocycles. The zero-order valence-electron chi connectivity index (χ0n) is 14.9. The Bertz CT molecular complexity index is 629. The molecule has 1 aromatic rings. The molecule has 0 radical (unpaired) electrons. The van der Waals surface area contributed by atoms with Crippen molar-refractivity contribution >= 4 is 17.6 Å². The quantitative estimate of drug-likeness (QED) is 0.853. The minimum atomic E-state index is -0.254. The molecule has 1 aromatic heterocycles. The summed E-state index contributed by atoms with van der Waals surface area (Å²) < 4.78 is 5.36. The average molecular weight is 346 g/mol. The van der Waals surface area contributed by atoms with Crippen LogP contribution in [0.1, 0.15) is 25.8 Å². The van der Waals surface area contributed by atoms with Crippen LogP contribution in [0, 0.1) is 5.92 Å². The van der Waals surface area contributed by atoms with Gasteiger partial charge in [0.05, 0.1) is 19.1 Å². The molecule has 25 heavy (non-hydrogen) atoms. The second kappa shape index (κ2) is 7.82. The molecule has 0 bridgehead atoms. The Morgan fingerprint density at radius 3 is 2.84 bits per heavy atom. The number of morpholine rings is 1. The molecule has 3 rings (SSSR count). The van der Waals surface area contributed by atoms with E-state index in [4.69, 9.17) is 4.74 Å². The fourth-order valence-electron chi connectivity index (χ4n) is 3.28. The van der Waals surface area contributed by atoms with Crippen LogP contribution in [0.25, 0.3) is 0 Å². The SMILES string of the molecule is CC(C)N1C[C@H](C(=O)NCc2ccnc(N3CCOCC3)c2)CC1=O. The molecule has 0 saturated carbocycles. The lowest BCUT2D eigenvalue weighted by atomic mass is 10.1. The van der Waals surface area contributed by atoms with E-state index in [0.717, 1.165) is 24.5 Å². The average Bonchev–Trinajstić information content (AvgIpc) is 3.03. The summed E-state index contributed by atoms with van der Waals surface area (Å²) >= 11 is 0. The van der Waals surface area contributed by atoms with Gasteiger partial charge in [-0.1, -0.05) is 0 Å². The van der Waals surface area contributed by atoms with Gasteiger partial charge in [-0.3, -0.25) is 9.59 Å². The van der Waals surface area contributed by atoms with Gasteiger partial charge in [0.1, 0.15) is 5.82 Å². The third kappa shape index (κ3) is 4.28. The highest BCUT2D eigenvalue weighted by Crippen LogP contribution is 2.20. The molecule has 2 amide bonds. The third-order valence-corrected chi connectivity index (χ3v) is 4.76. The number of nitrogens with one attached hydrogen (secondary N) is 1. The number of carbonyl (C=O) groups excluding carboxylic acids is 2. The lowest BCUT2D eigenvalue weighted by Crippen LogP contribution is -2.37. The predicted octanol–water partition coefficient (Wildman–Crippen LogP) is 0.791. The summed E-state index contributed by atoms with van der Waals surface area (Å²) in [4.78, 5) is 32.7. The van der Waals surface area contributed by atoms with Crippen molar-refractivity contribution in [1.82, 2.24) is 15.2 Å². The van der Waals surface area contributed by atoms with E-state index in [-0.39, 0.29) is 23.8 Å². The van der Waals surface area contributed by atoms with Crippen molar-refractivity contribution in [2.24, 2.45) is 5.92 Å². The predicted molar refractivity (Wildman–Crippen MR) is 94.1 cm³/mol. The minimum Gasteiger partial charge on any atom is -0.378 e. The maximum Gasteiger partial charge on any atom is 0.225 e. The van der Waals surface area contributed by atoms with Crippen LogP contribution in [0.3, 0.4) is 0 Å². The first-order valence-corrected chi connectivity index (χ1v) is 8.89. The second-order valence-electron chi connectivity index (χ2n) is 6.88. The van der Waals surface area contributed by atoms with Crippen molar-refractivity contribution in [3.05, 3.63) is 23.9 Å². The van der Waals surface area contributed by atoms with Crippen molar-refractivity contribution < 1.29 is 14.3 Å². The van der Waals surface area contributed by atoms with E-state index in [2.05, 4.69) is 15.2 Å². The van der Waals surface area contributed by atoms with E-state index in [1.165, 1.54) is 0 Å². The topological polar surface area (TPSA) is 74.8 Å². The molecule has 1 atom stereocenters. The van der Waals surface area contributed by atoms with Gasteiger partial charge in [-0.15, -0.1) is 0 Å². The van der Waals surface area contributed by atoms with Gasteiger partial charge < -0.3 is 19.9 Å². The number of hydrogen-bond acceptors (Lipinski definition) is 5. The zero-order chi connectivity index (χ0) is 17.8. The fourth-order valence-corrected chi connectivity index (χ4v) is 3.28. The van der Waals surface area contributed by atoms with Crippen LogP contribution in [-0.2, 0) is 20.9 Å². The highest BCUT2D eigenvalue weighted by atomic mass is 16.5. The van der Waals surface area contributed by atoms with E-state index in [1.807, 2.05) is 26.0 Å². The molecule has 136 valence electrons. The molecule has 2 aliphatic rings. The number of carbonyl (C=O) groups is 2. The van der Waals surface area contributed by atoms with Gasteiger partial charge in [0, 0.05) is 44.8 Å². The number of pyridine rings is 1. The number of likely N-dealkylation sites (tertiary alicyclic amines) is 1. The Hall–Kier alpha value is -2.15. The van der Waals surface area contributed by atoms with Crippen LogP contribution in [0.2, 0.25) is 0 Å². The van der Waals surface area contributed by atoms with Gasteiger partial charge >= 0.3 is 0 Å². The van der Waals surface area contributed by atoms with Crippen LogP contribution < -0.4 is 10.2 Å². The highest BCUT2D eigenvalue weighted by Gasteiger charge is 2.35. The van der Waals surface area contributed by atoms with Crippen molar-refractivity contribution in [1.29, 1.82) is 0 Å². The Morgan fingerprint density at radius 2 is 2.16 bits per heavy atom. The smallest absolute Gasteiger partial charge is 0.225 e. The van der Waals surface area contributed by atoms with E-state index in [1.54, 1.807) is 11.1 Å². The second-order valence-corrected chi connectivity index (χ2v) is 6.88. The first-order valence-electron chi connectivity index (χ1n) is 8.89. The van der Waals surface area contributed by atoms with Gasteiger partial charge in [-0.2, -0.15) is 0 Å². The number of aromatic nitrogens is 1. The van der Waals surface area contributed by atoms with Crippen LogP contribution in [0.15, 0.2) is 18.3 Å². The molecule has 2 fully saturated rings. The molecule has 0 spiro atoms. The molecular formula is C18H26N4O3. The van der Waals surface area contributed by atoms with E-state index >= 15 is 0 Å². The van der Waals surface area contributed by atoms with Crippen molar-refractivity contribution in [3.63, 3.8) is 0 Å². The lowest BCUT2D eigenvalue weighted by Gasteiger charge is -2.28. The van der Waals surface area contributed by atoms with E-state index in [0.29, 0.717) is 32.7 Å². The summed E-state index contributed by atoms with van der Waals surface area (Å²) in [6.07, 6.45) is 2.07. The monoisotopic (exact) mass is 346 g/mol. The molecule has 7 heteroatoms. The fraction of sp³-hybridized carbons (Fsp3) is 0.611. The van der Waals surface area contributed by atoms with Crippen molar-refractivity contribution in [2.75, 3.05) is 37.7 Å². The summed E-state index contributed by atoms with van der Waals surface area (Å²) in [5.41, 5.74) is 1.01. The molecule has 0 aromatic carbocycles. The lowest BCUT2D eigenvalue weighted by molar-refractivity contribution is -0.129. The Morgan fingerprint density at radius 1 is 1.40 bits per heavy atom. The Labute approximate surface area is 148 Å². The molecule has 2 aliphatic heterocycles. The van der Waals surface area contributed by atoms with E-state index in [9.17, 15) is 9.59 Å².